The van der Waals surface area contributed by atoms with Crippen molar-refractivity contribution in [3.05, 3.63) is 28.3 Å². The summed E-state index contributed by atoms with van der Waals surface area (Å²) in [6, 6.07) is 4.80. The third-order valence-electron chi connectivity index (χ3n) is 3.47. The number of rotatable bonds is 4. The van der Waals surface area contributed by atoms with Gasteiger partial charge in [-0.1, -0.05) is 0 Å². The van der Waals surface area contributed by atoms with E-state index < -0.39 is 14.9 Å². The van der Waals surface area contributed by atoms with Crippen LogP contribution in [0.4, 0.5) is 17.1 Å². The summed E-state index contributed by atoms with van der Waals surface area (Å²) in [4.78, 5) is 12.5. The quantitative estimate of drug-likeness (QED) is 0.650. The summed E-state index contributed by atoms with van der Waals surface area (Å²) in [6.45, 7) is 1.79. The standard InChI is InChI=1S/C12H18N4O4S/c1-13-10-7-11(9-12(8-10)16(17)18)14-3-5-15(6-4-14)21(2,19)20/h7-9,13H,3-6H2,1-2H3. The minimum Gasteiger partial charge on any atom is -0.388 e. The number of nitro groups is 1. The lowest BCUT2D eigenvalue weighted by Crippen LogP contribution is -2.48. The Morgan fingerprint density at radius 3 is 2.29 bits per heavy atom. The van der Waals surface area contributed by atoms with Crippen LogP contribution >= 0.6 is 0 Å². The van der Waals surface area contributed by atoms with Crippen molar-refractivity contribution >= 4 is 27.1 Å². The maximum atomic E-state index is 11.5. The molecule has 1 N–H and O–H groups in total. The number of nitro benzene ring substituents is 1. The lowest BCUT2D eigenvalue weighted by molar-refractivity contribution is -0.384. The van der Waals surface area contributed by atoms with E-state index in [0.717, 1.165) is 5.69 Å². The molecule has 1 fully saturated rings. The molecule has 0 bridgehead atoms. The summed E-state index contributed by atoms with van der Waals surface area (Å²) < 4.78 is 24.4. The highest BCUT2D eigenvalue weighted by Gasteiger charge is 2.24. The molecule has 9 heteroatoms. The molecule has 0 amide bonds. The molecule has 8 nitrogen and oxygen atoms in total. The highest BCUT2D eigenvalue weighted by Crippen LogP contribution is 2.27. The molecular weight excluding hydrogens is 296 g/mol. The fraction of sp³-hybridized carbons (Fsp3) is 0.500. The zero-order valence-electron chi connectivity index (χ0n) is 11.9. The number of hydrogen-bond donors (Lipinski definition) is 1. The fourth-order valence-corrected chi connectivity index (χ4v) is 3.13. The number of benzene rings is 1. The van der Waals surface area contributed by atoms with Gasteiger partial charge in [0.05, 0.1) is 11.2 Å². The minimum atomic E-state index is -3.18. The molecule has 116 valence electrons. The first-order valence-corrected chi connectivity index (χ1v) is 8.33. The predicted molar refractivity (Wildman–Crippen MR) is 81.3 cm³/mol. The summed E-state index contributed by atoms with van der Waals surface area (Å²) in [6.07, 6.45) is 1.19. The second-order valence-corrected chi connectivity index (χ2v) is 6.88. The molecule has 0 aliphatic carbocycles. The van der Waals surface area contributed by atoms with Gasteiger partial charge in [-0.25, -0.2) is 8.42 Å². The molecule has 1 aromatic carbocycles. The zero-order chi connectivity index (χ0) is 15.6. The largest absolute Gasteiger partial charge is 0.388 e. The van der Waals surface area contributed by atoms with Crippen LogP contribution in [0.3, 0.4) is 0 Å². The van der Waals surface area contributed by atoms with E-state index in [-0.39, 0.29) is 5.69 Å². The lowest BCUT2D eigenvalue weighted by Gasteiger charge is -2.34. The molecule has 1 saturated heterocycles. The molecule has 0 radical (unpaired) electrons. The Balaban J connectivity index is 2.20. The Hall–Kier alpha value is -1.87. The molecule has 1 aliphatic heterocycles. The fourth-order valence-electron chi connectivity index (χ4n) is 2.31. The molecule has 2 rings (SSSR count). The molecule has 0 aromatic heterocycles. The Morgan fingerprint density at radius 1 is 1.19 bits per heavy atom. The van der Waals surface area contributed by atoms with Crippen LogP contribution in [0.15, 0.2) is 18.2 Å². The molecule has 0 spiro atoms. The first-order chi connectivity index (χ1) is 9.81. The van der Waals surface area contributed by atoms with Crippen LogP contribution in [0, 0.1) is 10.1 Å². The van der Waals surface area contributed by atoms with Gasteiger partial charge in [0.1, 0.15) is 0 Å². The number of non-ortho nitro benzene ring substituents is 1. The van der Waals surface area contributed by atoms with Crippen LogP contribution in [0.2, 0.25) is 0 Å². The van der Waals surface area contributed by atoms with Gasteiger partial charge in [-0.3, -0.25) is 10.1 Å². The number of nitrogens with one attached hydrogen (secondary N) is 1. The van der Waals surface area contributed by atoms with Crippen molar-refractivity contribution in [2.45, 2.75) is 0 Å². The van der Waals surface area contributed by atoms with E-state index in [1.54, 1.807) is 7.05 Å². The molecule has 21 heavy (non-hydrogen) atoms. The van der Waals surface area contributed by atoms with E-state index in [1.807, 2.05) is 11.0 Å². The van der Waals surface area contributed by atoms with E-state index in [2.05, 4.69) is 5.32 Å². The normalized spacial score (nSPS) is 16.8. The number of nitrogens with zero attached hydrogens (tertiary/aromatic N) is 3. The summed E-state index contributed by atoms with van der Waals surface area (Å²) in [5, 5.41) is 13.9. The van der Waals surface area contributed by atoms with Crippen molar-refractivity contribution in [3.8, 4) is 0 Å². The van der Waals surface area contributed by atoms with Gasteiger partial charge >= 0.3 is 0 Å². The molecule has 0 saturated carbocycles. The Bertz CT molecular complexity index is 639. The second-order valence-electron chi connectivity index (χ2n) is 4.89. The van der Waals surface area contributed by atoms with E-state index in [4.69, 9.17) is 0 Å². The van der Waals surface area contributed by atoms with Crippen molar-refractivity contribution in [2.24, 2.45) is 0 Å². The average Bonchev–Trinajstić information content (AvgIpc) is 2.46. The number of sulfonamides is 1. The van der Waals surface area contributed by atoms with Gasteiger partial charge in [-0.2, -0.15) is 4.31 Å². The van der Waals surface area contributed by atoms with Crippen LogP contribution in [0.5, 0.6) is 0 Å². The maximum absolute atomic E-state index is 11.5. The van der Waals surface area contributed by atoms with Gasteiger partial charge in [0.2, 0.25) is 10.0 Å². The maximum Gasteiger partial charge on any atom is 0.273 e. The summed E-state index contributed by atoms with van der Waals surface area (Å²) in [5.41, 5.74) is 1.40. The van der Waals surface area contributed by atoms with Crippen LogP contribution in [0.1, 0.15) is 0 Å². The first-order valence-electron chi connectivity index (χ1n) is 6.48. The highest BCUT2D eigenvalue weighted by molar-refractivity contribution is 7.88. The lowest BCUT2D eigenvalue weighted by atomic mass is 10.2. The Labute approximate surface area is 123 Å². The summed E-state index contributed by atoms with van der Waals surface area (Å²) in [5.74, 6) is 0. The van der Waals surface area contributed by atoms with Crippen LogP contribution in [-0.4, -0.2) is 57.1 Å². The van der Waals surface area contributed by atoms with Gasteiger partial charge in [0, 0.05) is 56.7 Å². The number of hydrogen-bond acceptors (Lipinski definition) is 6. The molecule has 0 atom stereocenters. The number of anilines is 2. The second kappa shape index (κ2) is 5.86. The molecular formula is C12H18N4O4S. The third kappa shape index (κ3) is 3.61. The summed E-state index contributed by atoms with van der Waals surface area (Å²) >= 11 is 0. The van der Waals surface area contributed by atoms with Crippen molar-refractivity contribution in [1.82, 2.24) is 4.31 Å². The topological polar surface area (TPSA) is 95.8 Å². The summed E-state index contributed by atoms with van der Waals surface area (Å²) in [7, 11) is -1.48. The highest BCUT2D eigenvalue weighted by atomic mass is 32.2. The molecule has 1 aliphatic rings. The van der Waals surface area contributed by atoms with E-state index >= 15 is 0 Å². The molecule has 1 aromatic rings. The average molecular weight is 314 g/mol. The Kier molecular flexibility index (Phi) is 4.33. The van der Waals surface area contributed by atoms with E-state index in [9.17, 15) is 18.5 Å². The van der Waals surface area contributed by atoms with Gasteiger partial charge in [0.15, 0.2) is 0 Å². The van der Waals surface area contributed by atoms with Crippen molar-refractivity contribution in [2.75, 3.05) is 49.7 Å². The van der Waals surface area contributed by atoms with Gasteiger partial charge < -0.3 is 10.2 Å². The molecule has 1 heterocycles. The third-order valence-corrected chi connectivity index (χ3v) is 4.78. The van der Waals surface area contributed by atoms with Crippen LogP contribution < -0.4 is 10.2 Å². The van der Waals surface area contributed by atoms with Gasteiger partial charge in [-0.05, 0) is 6.07 Å². The smallest absolute Gasteiger partial charge is 0.273 e. The SMILES string of the molecule is CNc1cc(N2CCN(S(C)(=O)=O)CC2)cc([N+](=O)[O-])c1. The molecule has 0 unspecified atom stereocenters. The first kappa shape index (κ1) is 15.5. The minimum absolute atomic E-state index is 0.0161. The van der Waals surface area contributed by atoms with E-state index in [0.29, 0.717) is 31.9 Å². The van der Waals surface area contributed by atoms with Crippen LogP contribution in [-0.2, 0) is 10.0 Å². The number of piperazine rings is 1. The van der Waals surface area contributed by atoms with Crippen molar-refractivity contribution < 1.29 is 13.3 Å². The Morgan fingerprint density at radius 2 is 1.81 bits per heavy atom. The van der Waals surface area contributed by atoms with Gasteiger partial charge in [0.25, 0.3) is 5.69 Å². The van der Waals surface area contributed by atoms with E-state index in [1.165, 1.54) is 22.7 Å². The van der Waals surface area contributed by atoms with Crippen molar-refractivity contribution in [1.29, 1.82) is 0 Å². The monoisotopic (exact) mass is 314 g/mol. The van der Waals surface area contributed by atoms with Crippen molar-refractivity contribution in [3.63, 3.8) is 0 Å². The zero-order valence-corrected chi connectivity index (χ0v) is 12.8. The van der Waals surface area contributed by atoms with Gasteiger partial charge in [-0.15, -0.1) is 0 Å². The predicted octanol–water partition coefficient (Wildman–Crippen LogP) is 0.718. The van der Waals surface area contributed by atoms with Crippen LogP contribution in [0.25, 0.3) is 0 Å².